The number of aromatic nitrogens is 2. The summed E-state index contributed by atoms with van der Waals surface area (Å²) in [7, 11) is 0. The SMILES string of the molecule is O=C(O)CCC(=O)NC[C@]1(O)CCN(c2ncccn2)C1. The van der Waals surface area contributed by atoms with Crippen LogP contribution in [0.4, 0.5) is 5.95 Å². The molecule has 1 saturated heterocycles. The van der Waals surface area contributed by atoms with Gasteiger partial charge in [0.2, 0.25) is 11.9 Å². The standard InChI is InChI=1S/C13H18N4O4/c18-10(2-3-11(19)20)16-8-13(21)4-7-17(9-13)12-14-5-1-6-15-12/h1,5-6,21H,2-4,7-9H2,(H,16,18)(H,19,20)/t13-/m1/s1. The summed E-state index contributed by atoms with van der Waals surface area (Å²) in [6.45, 7) is 1.02. The van der Waals surface area contributed by atoms with Crippen LogP contribution >= 0.6 is 0 Å². The van der Waals surface area contributed by atoms with E-state index in [0.717, 1.165) is 0 Å². The molecule has 2 heterocycles. The van der Waals surface area contributed by atoms with Crippen molar-refractivity contribution in [1.82, 2.24) is 15.3 Å². The highest BCUT2D eigenvalue weighted by Crippen LogP contribution is 2.23. The maximum atomic E-state index is 11.5. The molecule has 8 heteroatoms. The number of aliphatic carboxylic acids is 1. The molecule has 1 aromatic rings. The van der Waals surface area contributed by atoms with Crippen molar-refractivity contribution in [3.8, 4) is 0 Å². The summed E-state index contributed by atoms with van der Waals surface area (Å²) >= 11 is 0. The molecule has 0 aliphatic carbocycles. The fraction of sp³-hybridized carbons (Fsp3) is 0.538. The van der Waals surface area contributed by atoms with Gasteiger partial charge in [0.1, 0.15) is 5.60 Å². The molecule has 0 aromatic carbocycles. The largest absolute Gasteiger partial charge is 0.481 e. The predicted octanol–water partition coefficient (Wildman–Crippen LogP) is -0.601. The maximum Gasteiger partial charge on any atom is 0.303 e. The lowest BCUT2D eigenvalue weighted by molar-refractivity contribution is -0.138. The average molecular weight is 294 g/mol. The van der Waals surface area contributed by atoms with E-state index in [1.807, 2.05) is 4.90 Å². The molecule has 0 radical (unpaired) electrons. The van der Waals surface area contributed by atoms with E-state index in [0.29, 0.717) is 25.5 Å². The third-order valence-electron chi connectivity index (χ3n) is 3.35. The van der Waals surface area contributed by atoms with E-state index in [9.17, 15) is 14.7 Å². The van der Waals surface area contributed by atoms with Gasteiger partial charge in [-0.2, -0.15) is 0 Å². The Bertz CT molecular complexity index is 510. The number of hydrogen-bond donors (Lipinski definition) is 3. The summed E-state index contributed by atoms with van der Waals surface area (Å²) in [5, 5.41) is 21.5. The molecular formula is C13H18N4O4. The van der Waals surface area contributed by atoms with Gasteiger partial charge in [0, 0.05) is 31.9 Å². The first-order valence-corrected chi connectivity index (χ1v) is 6.71. The molecule has 0 bridgehead atoms. The molecule has 21 heavy (non-hydrogen) atoms. The topological polar surface area (TPSA) is 116 Å². The Kier molecular flexibility index (Phi) is 4.69. The fourth-order valence-corrected chi connectivity index (χ4v) is 2.20. The Balaban J connectivity index is 1.81. The maximum absolute atomic E-state index is 11.5. The van der Waals surface area contributed by atoms with Gasteiger partial charge < -0.3 is 20.4 Å². The first kappa shape index (κ1) is 15.2. The predicted molar refractivity (Wildman–Crippen MR) is 73.7 cm³/mol. The van der Waals surface area contributed by atoms with Crippen molar-refractivity contribution >= 4 is 17.8 Å². The van der Waals surface area contributed by atoms with Crippen LogP contribution in [0.5, 0.6) is 0 Å². The van der Waals surface area contributed by atoms with Gasteiger partial charge in [-0.3, -0.25) is 9.59 Å². The molecule has 114 valence electrons. The van der Waals surface area contributed by atoms with Crippen molar-refractivity contribution in [3.05, 3.63) is 18.5 Å². The molecule has 1 atom stereocenters. The number of hydrogen-bond acceptors (Lipinski definition) is 6. The summed E-state index contributed by atoms with van der Waals surface area (Å²) in [5.41, 5.74) is -1.04. The zero-order valence-electron chi connectivity index (χ0n) is 11.5. The number of amides is 1. The molecule has 2 rings (SSSR count). The van der Waals surface area contributed by atoms with Gasteiger partial charge in [0.15, 0.2) is 0 Å². The number of rotatable bonds is 6. The van der Waals surface area contributed by atoms with Crippen LogP contribution in [0, 0.1) is 0 Å². The van der Waals surface area contributed by atoms with Gasteiger partial charge in [-0.05, 0) is 12.5 Å². The second kappa shape index (κ2) is 6.49. The van der Waals surface area contributed by atoms with Crippen LogP contribution in [-0.2, 0) is 9.59 Å². The zero-order valence-corrected chi connectivity index (χ0v) is 11.5. The zero-order chi connectivity index (χ0) is 15.3. The number of aliphatic hydroxyl groups is 1. The Morgan fingerprint density at radius 2 is 2.05 bits per heavy atom. The molecular weight excluding hydrogens is 276 g/mol. The lowest BCUT2D eigenvalue weighted by atomic mass is 10.0. The Labute approximate surface area is 121 Å². The summed E-state index contributed by atoms with van der Waals surface area (Å²) in [6, 6.07) is 1.72. The van der Waals surface area contributed by atoms with Gasteiger partial charge >= 0.3 is 5.97 Å². The third-order valence-corrected chi connectivity index (χ3v) is 3.35. The van der Waals surface area contributed by atoms with E-state index in [4.69, 9.17) is 5.11 Å². The molecule has 0 unspecified atom stereocenters. The van der Waals surface area contributed by atoms with Crippen LogP contribution in [0.1, 0.15) is 19.3 Å². The minimum atomic E-state index is -1.04. The summed E-state index contributed by atoms with van der Waals surface area (Å²) < 4.78 is 0. The number of carbonyl (C=O) groups is 2. The lowest BCUT2D eigenvalue weighted by Crippen LogP contribution is -2.45. The number of anilines is 1. The molecule has 1 aliphatic heterocycles. The first-order chi connectivity index (χ1) is 9.98. The van der Waals surface area contributed by atoms with Crippen LogP contribution in [0.25, 0.3) is 0 Å². The van der Waals surface area contributed by atoms with E-state index in [-0.39, 0.29) is 25.3 Å². The first-order valence-electron chi connectivity index (χ1n) is 6.71. The van der Waals surface area contributed by atoms with Crippen molar-refractivity contribution < 1.29 is 19.8 Å². The van der Waals surface area contributed by atoms with Gasteiger partial charge in [0.25, 0.3) is 0 Å². The van der Waals surface area contributed by atoms with Gasteiger partial charge in [-0.1, -0.05) is 0 Å². The Morgan fingerprint density at radius 1 is 1.33 bits per heavy atom. The summed E-state index contributed by atoms with van der Waals surface area (Å²) in [4.78, 5) is 31.9. The summed E-state index contributed by atoms with van der Waals surface area (Å²) in [6.07, 6.45) is 3.45. The highest BCUT2D eigenvalue weighted by atomic mass is 16.4. The van der Waals surface area contributed by atoms with Crippen LogP contribution in [0.15, 0.2) is 18.5 Å². The molecule has 8 nitrogen and oxygen atoms in total. The second-order valence-corrected chi connectivity index (χ2v) is 5.12. The molecule has 0 saturated carbocycles. The number of carboxylic acid groups (broad SMARTS) is 1. The van der Waals surface area contributed by atoms with Crippen molar-refractivity contribution in [3.63, 3.8) is 0 Å². The van der Waals surface area contributed by atoms with Crippen molar-refractivity contribution in [2.45, 2.75) is 24.9 Å². The van der Waals surface area contributed by atoms with Gasteiger partial charge in [-0.15, -0.1) is 0 Å². The number of nitrogens with zero attached hydrogens (tertiary/aromatic N) is 3. The Hall–Kier alpha value is -2.22. The molecule has 1 aliphatic rings. The van der Waals surface area contributed by atoms with Gasteiger partial charge in [-0.25, -0.2) is 9.97 Å². The van der Waals surface area contributed by atoms with E-state index >= 15 is 0 Å². The van der Waals surface area contributed by atoms with E-state index in [1.54, 1.807) is 18.5 Å². The normalized spacial score (nSPS) is 21.3. The van der Waals surface area contributed by atoms with Crippen molar-refractivity contribution in [2.75, 3.05) is 24.5 Å². The van der Waals surface area contributed by atoms with Crippen LogP contribution in [0.2, 0.25) is 0 Å². The fourth-order valence-electron chi connectivity index (χ4n) is 2.20. The summed E-state index contributed by atoms with van der Waals surface area (Å²) in [5.74, 6) is -0.844. The minimum absolute atomic E-state index is 0.0864. The van der Waals surface area contributed by atoms with Gasteiger partial charge in [0.05, 0.1) is 13.0 Å². The monoisotopic (exact) mass is 294 g/mol. The molecule has 1 aromatic heterocycles. The average Bonchev–Trinajstić information content (AvgIpc) is 2.87. The van der Waals surface area contributed by atoms with Crippen LogP contribution in [-0.4, -0.2) is 57.3 Å². The van der Waals surface area contributed by atoms with Crippen LogP contribution < -0.4 is 10.2 Å². The number of carboxylic acids is 1. The molecule has 3 N–H and O–H groups in total. The smallest absolute Gasteiger partial charge is 0.303 e. The van der Waals surface area contributed by atoms with Crippen LogP contribution in [0.3, 0.4) is 0 Å². The number of β-amino-alcohol motifs (C(OH)–C–C–N with tert-alkyl or cyclic N) is 1. The highest BCUT2D eigenvalue weighted by molar-refractivity contribution is 5.80. The van der Waals surface area contributed by atoms with Crippen molar-refractivity contribution in [1.29, 1.82) is 0 Å². The quantitative estimate of drug-likeness (QED) is 0.641. The minimum Gasteiger partial charge on any atom is -0.481 e. The molecule has 0 spiro atoms. The van der Waals surface area contributed by atoms with E-state index in [2.05, 4.69) is 15.3 Å². The molecule has 1 fully saturated rings. The second-order valence-electron chi connectivity index (χ2n) is 5.12. The lowest BCUT2D eigenvalue weighted by Gasteiger charge is -2.23. The molecule has 1 amide bonds. The van der Waals surface area contributed by atoms with E-state index < -0.39 is 11.6 Å². The third kappa shape index (κ3) is 4.38. The van der Waals surface area contributed by atoms with Crippen molar-refractivity contribution in [2.24, 2.45) is 0 Å². The van der Waals surface area contributed by atoms with E-state index in [1.165, 1.54) is 0 Å². The Morgan fingerprint density at radius 3 is 2.71 bits per heavy atom. The number of nitrogens with one attached hydrogen (secondary N) is 1. The highest BCUT2D eigenvalue weighted by Gasteiger charge is 2.37. The number of carbonyl (C=O) groups excluding carboxylic acids is 1.